The Bertz CT molecular complexity index is 517. The van der Waals surface area contributed by atoms with Crippen LogP contribution in [-0.4, -0.2) is 25.8 Å². The summed E-state index contributed by atoms with van der Waals surface area (Å²) in [4.78, 5) is 0.258. The van der Waals surface area contributed by atoms with Gasteiger partial charge in [-0.2, -0.15) is 4.31 Å². The molecule has 0 saturated heterocycles. The maximum atomic E-state index is 12.4. The van der Waals surface area contributed by atoms with Crippen molar-refractivity contribution in [1.82, 2.24) is 4.31 Å². The Hall–Kier alpha value is -0.590. The second kappa shape index (κ2) is 6.04. The van der Waals surface area contributed by atoms with Crippen LogP contribution in [0.3, 0.4) is 0 Å². The third-order valence-corrected chi connectivity index (χ3v) is 5.63. The molecule has 1 rings (SSSR count). The molecule has 0 heterocycles. The van der Waals surface area contributed by atoms with Gasteiger partial charge in [0.25, 0.3) is 0 Å². The molecular formula is C12H19BrN2O2S. The van der Waals surface area contributed by atoms with Gasteiger partial charge in [-0.3, -0.25) is 0 Å². The van der Waals surface area contributed by atoms with Crippen molar-refractivity contribution < 1.29 is 8.42 Å². The number of nitrogens with zero attached hydrogens (tertiary/aromatic N) is 1. The molecule has 0 radical (unpaired) electrons. The Kier molecular flexibility index (Phi) is 5.19. The highest BCUT2D eigenvalue weighted by atomic mass is 79.9. The van der Waals surface area contributed by atoms with E-state index in [2.05, 4.69) is 15.9 Å². The molecule has 0 bridgehead atoms. The zero-order valence-electron chi connectivity index (χ0n) is 10.9. The third-order valence-electron chi connectivity index (χ3n) is 2.98. The minimum Gasteiger partial charge on any atom is -0.398 e. The predicted molar refractivity (Wildman–Crippen MR) is 77.9 cm³/mol. The fraction of sp³-hybridized carbons (Fsp3) is 0.500. The number of hydrogen-bond donors (Lipinski definition) is 1. The fourth-order valence-electron chi connectivity index (χ4n) is 1.67. The molecule has 0 aliphatic carbocycles. The summed E-state index contributed by atoms with van der Waals surface area (Å²) in [5.74, 6) is 0. The second-order valence-electron chi connectivity index (χ2n) is 4.34. The lowest BCUT2D eigenvalue weighted by atomic mass is 10.2. The van der Waals surface area contributed by atoms with Gasteiger partial charge in [0.15, 0.2) is 0 Å². The van der Waals surface area contributed by atoms with Gasteiger partial charge in [0.05, 0.1) is 4.90 Å². The first kappa shape index (κ1) is 15.5. The van der Waals surface area contributed by atoms with Gasteiger partial charge in [-0.1, -0.05) is 13.3 Å². The van der Waals surface area contributed by atoms with E-state index in [1.807, 2.05) is 13.8 Å². The maximum absolute atomic E-state index is 12.4. The first-order chi connectivity index (χ1) is 8.30. The van der Waals surface area contributed by atoms with E-state index in [0.29, 0.717) is 10.2 Å². The Balaban J connectivity index is 3.09. The molecule has 0 saturated carbocycles. The highest BCUT2D eigenvalue weighted by Gasteiger charge is 2.25. The van der Waals surface area contributed by atoms with Crippen molar-refractivity contribution in [2.24, 2.45) is 0 Å². The van der Waals surface area contributed by atoms with Crippen LogP contribution in [0.15, 0.2) is 27.6 Å². The number of benzene rings is 1. The van der Waals surface area contributed by atoms with Gasteiger partial charge >= 0.3 is 0 Å². The zero-order valence-corrected chi connectivity index (χ0v) is 13.3. The van der Waals surface area contributed by atoms with Crippen LogP contribution in [0.2, 0.25) is 0 Å². The van der Waals surface area contributed by atoms with Crippen molar-refractivity contribution >= 4 is 31.6 Å². The molecule has 1 unspecified atom stereocenters. The molecule has 1 aromatic rings. The maximum Gasteiger partial charge on any atom is 0.243 e. The average Bonchev–Trinajstić information content (AvgIpc) is 2.31. The van der Waals surface area contributed by atoms with Crippen molar-refractivity contribution in [2.75, 3.05) is 12.8 Å². The van der Waals surface area contributed by atoms with Crippen molar-refractivity contribution in [2.45, 2.75) is 37.6 Å². The summed E-state index contributed by atoms with van der Waals surface area (Å²) < 4.78 is 26.8. The molecule has 2 N–H and O–H groups in total. The molecule has 1 atom stereocenters. The molecule has 0 aliphatic heterocycles. The molecule has 0 spiro atoms. The molecule has 6 heteroatoms. The first-order valence-electron chi connectivity index (χ1n) is 5.83. The lowest BCUT2D eigenvalue weighted by molar-refractivity contribution is 0.369. The summed E-state index contributed by atoms with van der Waals surface area (Å²) in [6.45, 7) is 3.95. The second-order valence-corrected chi connectivity index (χ2v) is 7.19. The van der Waals surface area contributed by atoms with Gasteiger partial charge in [-0.25, -0.2) is 8.42 Å². The van der Waals surface area contributed by atoms with Crippen LogP contribution < -0.4 is 5.73 Å². The minimum absolute atomic E-state index is 0.0173. The summed E-state index contributed by atoms with van der Waals surface area (Å²) in [6.07, 6.45) is 1.79. The Morgan fingerprint density at radius 1 is 1.44 bits per heavy atom. The van der Waals surface area contributed by atoms with E-state index >= 15 is 0 Å². The van der Waals surface area contributed by atoms with E-state index in [0.717, 1.165) is 12.8 Å². The lowest BCUT2D eigenvalue weighted by Crippen LogP contribution is -2.35. The highest BCUT2D eigenvalue weighted by molar-refractivity contribution is 9.10. The summed E-state index contributed by atoms with van der Waals surface area (Å²) >= 11 is 3.25. The van der Waals surface area contributed by atoms with Gasteiger partial charge in [0, 0.05) is 23.2 Å². The number of nitrogen functional groups attached to an aromatic ring is 1. The molecule has 18 heavy (non-hydrogen) atoms. The third kappa shape index (κ3) is 3.24. The Morgan fingerprint density at radius 2 is 2.06 bits per heavy atom. The SMILES string of the molecule is CCCC(C)N(C)S(=O)(=O)c1ccc(N)c(Br)c1. The number of sulfonamides is 1. The summed E-state index contributed by atoms with van der Waals surface area (Å²) in [5.41, 5.74) is 6.19. The normalized spacial score (nSPS) is 13.8. The number of halogens is 1. The highest BCUT2D eigenvalue weighted by Crippen LogP contribution is 2.25. The van der Waals surface area contributed by atoms with E-state index in [1.165, 1.54) is 10.4 Å². The topological polar surface area (TPSA) is 63.4 Å². The van der Waals surface area contributed by atoms with Crippen molar-refractivity contribution in [3.05, 3.63) is 22.7 Å². The van der Waals surface area contributed by atoms with Gasteiger partial charge in [0.2, 0.25) is 10.0 Å². The number of anilines is 1. The molecule has 4 nitrogen and oxygen atoms in total. The van der Waals surface area contributed by atoms with E-state index in [1.54, 1.807) is 19.2 Å². The van der Waals surface area contributed by atoms with Crippen LogP contribution >= 0.6 is 15.9 Å². The smallest absolute Gasteiger partial charge is 0.243 e. The lowest BCUT2D eigenvalue weighted by Gasteiger charge is -2.24. The van der Waals surface area contributed by atoms with Crippen LogP contribution in [0, 0.1) is 0 Å². The molecule has 0 aliphatic rings. The van der Waals surface area contributed by atoms with E-state index in [-0.39, 0.29) is 10.9 Å². The summed E-state index contributed by atoms with van der Waals surface area (Å²) in [7, 11) is -1.84. The molecule has 102 valence electrons. The Morgan fingerprint density at radius 3 is 2.56 bits per heavy atom. The van der Waals surface area contributed by atoms with Crippen LogP contribution in [-0.2, 0) is 10.0 Å². The largest absolute Gasteiger partial charge is 0.398 e. The van der Waals surface area contributed by atoms with Crippen LogP contribution in [0.1, 0.15) is 26.7 Å². The molecule has 0 aromatic heterocycles. The van der Waals surface area contributed by atoms with E-state index in [9.17, 15) is 8.42 Å². The molecular weight excluding hydrogens is 316 g/mol. The fourth-order valence-corrected chi connectivity index (χ4v) is 3.62. The quantitative estimate of drug-likeness (QED) is 0.842. The molecule has 0 fully saturated rings. The monoisotopic (exact) mass is 334 g/mol. The first-order valence-corrected chi connectivity index (χ1v) is 8.07. The summed E-state index contributed by atoms with van der Waals surface area (Å²) in [6, 6.07) is 4.65. The minimum atomic E-state index is -3.45. The van der Waals surface area contributed by atoms with Gasteiger partial charge in [0.1, 0.15) is 0 Å². The van der Waals surface area contributed by atoms with Gasteiger partial charge in [-0.05, 0) is 47.5 Å². The predicted octanol–water partition coefficient (Wildman–Crippen LogP) is 2.84. The van der Waals surface area contributed by atoms with E-state index in [4.69, 9.17) is 5.73 Å². The van der Waals surface area contributed by atoms with Gasteiger partial charge in [-0.15, -0.1) is 0 Å². The van der Waals surface area contributed by atoms with Crippen molar-refractivity contribution in [1.29, 1.82) is 0 Å². The van der Waals surface area contributed by atoms with Gasteiger partial charge < -0.3 is 5.73 Å². The molecule has 0 amide bonds. The van der Waals surface area contributed by atoms with Crippen LogP contribution in [0.4, 0.5) is 5.69 Å². The van der Waals surface area contributed by atoms with E-state index < -0.39 is 10.0 Å². The Labute approximate surface area is 117 Å². The number of hydrogen-bond acceptors (Lipinski definition) is 3. The summed E-state index contributed by atoms with van der Waals surface area (Å²) in [5, 5.41) is 0. The number of nitrogens with two attached hydrogens (primary N) is 1. The zero-order chi connectivity index (χ0) is 13.9. The van der Waals surface area contributed by atoms with Crippen molar-refractivity contribution in [3.8, 4) is 0 Å². The van der Waals surface area contributed by atoms with Crippen LogP contribution in [0.25, 0.3) is 0 Å². The molecule has 1 aromatic carbocycles. The average molecular weight is 335 g/mol. The van der Waals surface area contributed by atoms with Crippen LogP contribution in [0.5, 0.6) is 0 Å². The standard InChI is InChI=1S/C12H19BrN2O2S/c1-4-5-9(2)15(3)18(16,17)10-6-7-12(14)11(13)8-10/h6-9H,4-5,14H2,1-3H3. The number of rotatable bonds is 5. The van der Waals surface area contributed by atoms with Crippen molar-refractivity contribution in [3.63, 3.8) is 0 Å².